The van der Waals surface area contributed by atoms with Gasteiger partial charge in [-0.25, -0.2) is 14.8 Å². The lowest BCUT2D eigenvalue weighted by atomic mass is 9.51. The van der Waals surface area contributed by atoms with Gasteiger partial charge in [0.15, 0.2) is 0 Å². The number of aryl methyl sites for hydroxylation is 1. The van der Waals surface area contributed by atoms with Crippen molar-refractivity contribution in [3.63, 3.8) is 0 Å². The number of aliphatic hydroxyl groups excluding tert-OH is 1. The van der Waals surface area contributed by atoms with Crippen LogP contribution in [0, 0.1) is 18.3 Å². The molecule has 5 fully saturated rings. The van der Waals surface area contributed by atoms with Crippen LogP contribution in [0.5, 0.6) is 5.75 Å². The van der Waals surface area contributed by atoms with Crippen molar-refractivity contribution >= 4 is 29.2 Å². The molecule has 2 aromatic heterocycles. The molecule has 8 rings (SSSR count). The van der Waals surface area contributed by atoms with Crippen molar-refractivity contribution in [2.45, 2.75) is 115 Å². The van der Waals surface area contributed by atoms with Crippen LogP contribution < -0.4 is 9.64 Å². The minimum Gasteiger partial charge on any atom is -0.496 e. The van der Waals surface area contributed by atoms with Gasteiger partial charge >= 0.3 is 6.09 Å². The summed E-state index contributed by atoms with van der Waals surface area (Å²) in [7, 11) is 1.73. The van der Waals surface area contributed by atoms with Crippen LogP contribution in [0.3, 0.4) is 0 Å². The molecule has 286 valence electrons. The molecule has 1 aromatic carbocycles. The Kier molecular flexibility index (Phi) is 10.9. The highest BCUT2D eigenvalue weighted by atomic mass is 32.1. The minimum atomic E-state index is -0.321. The van der Waals surface area contributed by atoms with Gasteiger partial charge < -0.3 is 24.2 Å². The predicted octanol–water partition coefficient (Wildman–Crippen LogP) is 7.83. The molecule has 53 heavy (non-hydrogen) atoms. The Morgan fingerprint density at radius 3 is 2.32 bits per heavy atom. The average Bonchev–Trinajstić information content (AvgIpc) is 3.66. The van der Waals surface area contributed by atoms with E-state index in [0.717, 1.165) is 59.7 Å². The number of carbonyl (C=O) groups excluding carboxylic acids is 2. The first-order valence-corrected chi connectivity index (χ1v) is 20.3. The van der Waals surface area contributed by atoms with E-state index < -0.39 is 0 Å². The summed E-state index contributed by atoms with van der Waals surface area (Å²) in [5.74, 6) is 1.62. The third-order valence-corrected chi connectivity index (χ3v) is 13.9. The van der Waals surface area contributed by atoms with Crippen molar-refractivity contribution in [1.29, 1.82) is 0 Å². The zero-order valence-electron chi connectivity index (χ0n) is 32.1. The van der Waals surface area contributed by atoms with Crippen molar-refractivity contribution in [2.75, 3.05) is 44.9 Å². The number of methoxy groups -OCH3 is 1. The summed E-state index contributed by atoms with van der Waals surface area (Å²) in [6, 6.07) is 10.8. The van der Waals surface area contributed by atoms with Gasteiger partial charge in [-0.1, -0.05) is 32.9 Å². The number of benzene rings is 1. The first-order valence-electron chi connectivity index (χ1n) is 19.5. The fraction of sp³-hybridized carbons (Fsp3) is 0.619. The van der Waals surface area contributed by atoms with Gasteiger partial charge in [-0.15, -0.1) is 11.3 Å². The topological polar surface area (TPSA) is 114 Å². The van der Waals surface area contributed by atoms with E-state index in [-0.39, 0.29) is 59.6 Å². The number of hydrogen-bond acceptors (Lipinski definition) is 9. The molecule has 1 N–H and O–H groups in total. The van der Waals surface area contributed by atoms with Crippen LogP contribution in [0.1, 0.15) is 101 Å². The Morgan fingerprint density at radius 1 is 0.981 bits per heavy atom. The molecule has 4 aliphatic carbocycles. The van der Waals surface area contributed by atoms with Crippen molar-refractivity contribution in [1.82, 2.24) is 14.9 Å². The molecule has 5 aliphatic rings. The number of ether oxygens (including phenoxy) is 3. The zero-order chi connectivity index (χ0) is 37.4. The first kappa shape index (κ1) is 37.8. The number of aliphatic hydroxyl groups is 1. The smallest absolute Gasteiger partial charge is 0.410 e. The van der Waals surface area contributed by atoms with E-state index in [0.29, 0.717) is 51.1 Å². The van der Waals surface area contributed by atoms with Crippen LogP contribution in [-0.4, -0.2) is 84.1 Å². The van der Waals surface area contributed by atoms with E-state index in [1.807, 2.05) is 23.4 Å². The number of likely N-dealkylation sites (tertiary alicyclic amines) is 1. The summed E-state index contributed by atoms with van der Waals surface area (Å²) in [6.45, 7) is 10.5. The minimum absolute atomic E-state index is 0.0295. The molecule has 1 saturated heterocycles. The number of fused-ring (bicyclic) bond motifs is 3. The summed E-state index contributed by atoms with van der Waals surface area (Å²) in [6.07, 6.45) is 12.5. The van der Waals surface area contributed by atoms with Gasteiger partial charge in [0.1, 0.15) is 17.7 Å². The number of carbonyl (C=O) groups is 2. The van der Waals surface area contributed by atoms with Crippen molar-refractivity contribution in [2.24, 2.45) is 11.3 Å². The third kappa shape index (κ3) is 7.98. The van der Waals surface area contributed by atoms with E-state index >= 15 is 0 Å². The maximum atomic E-state index is 14.7. The molecule has 2 amide bonds. The number of pyridine rings is 1. The van der Waals surface area contributed by atoms with E-state index in [1.165, 1.54) is 11.1 Å². The molecule has 1 aliphatic heterocycles. The summed E-state index contributed by atoms with van der Waals surface area (Å²) in [5.41, 5.74) is 3.83. The molecule has 0 unspecified atom stereocenters. The third-order valence-electron chi connectivity index (χ3n) is 12.5. The quantitative estimate of drug-likeness (QED) is 0.211. The molecule has 4 saturated carbocycles. The SMILES string of the molecule is COc1ccc(C23CCC(CN(c4cc(-c5cnc(C(C)(C)C)s5)ccn4)C(=O)[C@H]4CC[C@H](OC(=O)N5CC(OCCO)C5)CC4)(CC2)CC3)cc1C. The molecule has 0 spiro atoms. The fourth-order valence-electron chi connectivity index (χ4n) is 9.00. The largest absolute Gasteiger partial charge is 0.496 e. The Morgan fingerprint density at radius 2 is 1.70 bits per heavy atom. The number of amides is 2. The van der Waals surface area contributed by atoms with Gasteiger partial charge in [0.25, 0.3) is 0 Å². The second kappa shape index (κ2) is 15.3. The highest BCUT2D eigenvalue weighted by molar-refractivity contribution is 7.15. The van der Waals surface area contributed by atoms with Gasteiger partial charge in [0.05, 0.1) is 49.4 Å². The van der Waals surface area contributed by atoms with Crippen LogP contribution in [0.2, 0.25) is 0 Å². The Hall–Kier alpha value is -3.54. The number of anilines is 1. The summed E-state index contributed by atoms with van der Waals surface area (Å²) < 4.78 is 16.9. The van der Waals surface area contributed by atoms with Crippen LogP contribution in [0.15, 0.2) is 42.7 Å². The summed E-state index contributed by atoms with van der Waals surface area (Å²) >= 11 is 1.70. The molecule has 0 atom stereocenters. The normalized spacial score (nSPS) is 25.9. The Balaban J connectivity index is 1.06. The molecule has 11 heteroatoms. The van der Waals surface area contributed by atoms with E-state index in [4.69, 9.17) is 29.3 Å². The van der Waals surface area contributed by atoms with E-state index in [9.17, 15) is 9.59 Å². The van der Waals surface area contributed by atoms with Crippen LogP contribution in [0.4, 0.5) is 10.6 Å². The molecule has 3 heterocycles. The highest BCUT2D eigenvalue weighted by Gasteiger charge is 2.51. The van der Waals surface area contributed by atoms with E-state index in [2.05, 4.69) is 52.0 Å². The van der Waals surface area contributed by atoms with Gasteiger partial charge in [0, 0.05) is 30.3 Å². The summed E-state index contributed by atoms with van der Waals surface area (Å²) in [5, 5.41) is 10.1. The van der Waals surface area contributed by atoms with Gasteiger partial charge in [-0.05, 0) is 117 Å². The predicted molar refractivity (Wildman–Crippen MR) is 207 cm³/mol. The number of hydrogen-bond donors (Lipinski definition) is 1. The first-order chi connectivity index (χ1) is 25.4. The van der Waals surface area contributed by atoms with Crippen molar-refractivity contribution in [3.8, 4) is 16.2 Å². The standard InChI is InChI=1S/C42H56N4O6S/c1-28-22-31(8-11-34(28)50-5)42-16-13-41(14-17-42,15-18-42)27-46(36-23-30(12-19-43-36)35-24-44-38(53-35)40(2,3)4)37(48)29-6-9-32(10-7-29)52-39(49)45-25-33(26-45)51-21-20-47/h8,11-12,19,22-24,29,32-33,47H,6-7,9-10,13-18,20-21,25-27H2,1-5H3/t29-,32-,41?,42?. The highest BCUT2D eigenvalue weighted by Crippen LogP contribution is 2.58. The van der Waals surface area contributed by atoms with Crippen LogP contribution in [-0.2, 0) is 25.1 Å². The number of aromatic nitrogens is 2. The lowest BCUT2D eigenvalue weighted by Gasteiger charge is -2.55. The lowest BCUT2D eigenvalue weighted by molar-refractivity contribution is -0.125. The average molecular weight is 745 g/mol. The maximum absolute atomic E-state index is 14.7. The van der Waals surface area contributed by atoms with Crippen LogP contribution >= 0.6 is 11.3 Å². The molecule has 10 nitrogen and oxygen atoms in total. The Bertz CT molecular complexity index is 1750. The molecular formula is C42H56N4O6S. The number of thiazole rings is 1. The molecule has 3 aromatic rings. The molecule has 2 bridgehead atoms. The molecular weight excluding hydrogens is 689 g/mol. The Labute approximate surface area is 318 Å². The number of rotatable bonds is 11. The van der Waals surface area contributed by atoms with Crippen molar-refractivity contribution in [3.05, 3.63) is 58.9 Å². The fourth-order valence-corrected chi connectivity index (χ4v) is 9.97. The van der Waals surface area contributed by atoms with E-state index in [1.54, 1.807) is 23.3 Å². The molecule has 0 radical (unpaired) electrons. The summed E-state index contributed by atoms with van der Waals surface area (Å²) in [4.78, 5) is 41.9. The zero-order valence-corrected chi connectivity index (χ0v) is 32.9. The second-order valence-corrected chi connectivity index (χ2v) is 18.1. The second-order valence-electron chi connectivity index (χ2n) is 17.1. The van der Waals surface area contributed by atoms with Gasteiger partial charge in [-0.2, -0.15) is 0 Å². The lowest BCUT2D eigenvalue weighted by Crippen LogP contribution is -2.55. The van der Waals surface area contributed by atoms with Gasteiger partial charge in [0.2, 0.25) is 5.91 Å². The monoisotopic (exact) mass is 744 g/mol. The number of nitrogens with zero attached hydrogens (tertiary/aromatic N) is 4. The maximum Gasteiger partial charge on any atom is 0.410 e. The van der Waals surface area contributed by atoms with Gasteiger partial charge in [-0.3, -0.25) is 9.69 Å². The van der Waals surface area contributed by atoms with Crippen molar-refractivity contribution < 1.29 is 28.9 Å². The van der Waals surface area contributed by atoms with Crippen LogP contribution in [0.25, 0.3) is 10.4 Å².